The second-order valence-corrected chi connectivity index (χ2v) is 6.00. The van der Waals surface area contributed by atoms with E-state index in [4.69, 9.17) is 16.2 Å². The van der Waals surface area contributed by atoms with Crippen LogP contribution in [0.4, 0.5) is 0 Å². The molecule has 4 atom stereocenters. The number of aliphatic imine (C=N–C) groups is 1. The molecule has 2 aliphatic carbocycles. The van der Waals surface area contributed by atoms with Crippen molar-refractivity contribution in [2.45, 2.75) is 25.2 Å². The first-order chi connectivity index (χ1) is 10.1. The van der Waals surface area contributed by atoms with Crippen molar-refractivity contribution in [3.63, 3.8) is 0 Å². The molecule has 0 aliphatic heterocycles. The summed E-state index contributed by atoms with van der Waals surface area (Å²) < 4.78 is 5.48. The molecule has 3 rings (SSSR count). The molecule has 2 unspecified atom stereocenters. The molecule has 2 fully saturated rings. The summed E-state index contributed by atoms with van der Waals surface area (Å²) in [6, 6.07) is 7.94. The smallest absolute Gasteiger partial charge is 0.252 e. The minimum Gasteiger partial charge on any atom is -0.496 e. The van der Waals surface area contributed by atoms with Gasteiger partial charge in [0.25, 0.3) is 5.91 Å². The quantitative estimate of drug-likeness (QED) is 0.653. The molecular formula is C16H21N3O2. The highest BCUT2D eigenvalue weighted by atomic mass is 16.5. The molecule has 1 aromatic rings. The molecule has 5 heteroatoms. The molecule has 0 spiro atoms. The maximum Gasteiger partial charge on any atom is 0.252 e. The molecule has 4 N–H and O–H groups in total. The van der Waals surface area contributed by atoms with Crippen molar-refractivity contribution in [1.29, 1.82) is 0 Å². The molecule has 0 heterocycles. The number of nitrogens with two attached hydrogens (primary N) is 2. The number of methoxy groups -OCH3 is 1. The van der Waals surface area contributed by atoms with E-state index in [1.807, 2.05) is 18.2 Å². The van der Waals surface area contributed by atoms with E-state index in [2.05, 4.69) is 11.1 Å². The Morgan fingerprint density at radius 1 is 1.24 bits per heavy atom. The number of nitrogens with zero attached hydrogens (tertiary/aromatic N) is 1. The third-order valence-corrected chi connectivity index (χ3v) is 4.94. The van der Waals surface area contributed by atoms with E-state index in [9.17, 15) is 4.79 Å². The highest BCUT2D eigenvalue weighted by molar-refractivity contribution is 5.93. The number of ether oxygens (including phenoxy) is 1. The number of para-hydroxylation sites is 1. The molecular weight excluding hydrogens is 266 g/mol. The van der Waals surface area contributed by atoms with E-state index in [-0.39, 0.29) is 23.7 Å². The highest BCUT2D eigenvalue weighted by Crippen LogP contribution is 2.58. The van der Waals surface area contributed by atoms with Crippen LogP contribution < -0.4 is 16.2 Å². The first kappa shape index (κ1) is 13.9. The van der Waals surface area contributed by atoms with Gasteiger partial charge in [0.2, 0.25) is 0 Å². The number of rotatable bonds is 3. The fraction of sp³-hybridized carbons (Fsp3) is 0.500. The zero-order valence-corrected chi connectivity index (χ0v) is 12.2. The summed E-state index contributed by atoms with van der Waals surface area (Å²) in [5.74, 6) is 1.46. The van der Waals surface area contributed by atoms with Crippen LogP contribution in [-0.4, -0.2) is 19.0 Å². The van der Waals surface area contributed by atoms with Crippen molar-refractivity contribution >= 4 is 11.9 Å². The van der Waals surface area contributed by atoms with Crippen molar-refractivity contribution in [2.24, 2.45) is 34.2 Å². The molecule has 1 aromatic carbocycles. The molecule has 2 aliphatic rings. The van der Waals surface area contributed by atoms with Crippen molar-refractivity contribution < 1.29 is 9.53 Å². The van der Waals surface area contributed by atoms with Gasteiger partial charge in [-0.25, -0.2) is 0 Å². The van der Waals surface area contributed by atoms with Crippen LogP contribution in [-0.2, 0) is 4.79 Å². The molecule has 5 nitrogen and oxygen atoms in total. The van der Waals surface area contributed by atoms with Crippen LogP contribution >= 0.6 is 0 Å². The summed E-state index contributed by atoms with van der Waals surface area (Å²) >= 11 is 0. The van der Waals surface area contributed by atoms with Crippen LogP contribution in [0.1, 0.15) is 30.7 Å². The Hall–Kier alpha value is -2.04. The Balaban J connectivity index is 1.99. The van der Waals surface area contributed by atoms with Crippen molar-refractivity contribution in [1.82, 2.24) is 0 Å². The molecule has 21 heavy (non-hydrogen) atoms. The Bertz CT molecular complexity index is 581. The van der Waals surface area contributed by atoms with Gasteiger partial charge < -0.3 is 16.2 Å². The van der Waals surface area contributed by atoms with Crippen molar-refractivity contribution in [3.05, 3.63) is 29.8 Å². The Morgan fingerprint density at radius 3 is 2.67 bits per heavy atom. The lowest BCUT2D eigenvalue weighted by molar-refractivity contribution is -0.123. The van der Waals surface area contributed by atoms with Gasteiger partial charge in [0, 0.05) is 5.92 Å². The summed E-state index contributed by atoms with van der Waals surface area (Å²) in [6.45, 7) is 0. The lowest BCUT2D eigenvalue weighted by Crippen LogP contribution is -2.31. The molecule has 0 saturated heterocycles. The molecule has 0 aromatic heterocycles. The lowest BCUT2D eigenvalue weighted by atomic mass is 9.75. The minimum absolute atomic E-state index is 0.123. The second kappa shape index (κ2) is 5.39. The summed E-state index contributed by atoms with van der Waals surface area (Å²) in [5, 5.41) is 0. The monoisotopic (exact) mass is 287 g/mol. The summed E-state index contributed by atoms with van der Waals surface area (Å²) in [6.07, 6.45) is 3.34. The van der Waals surface area contributed by atoms with E-state index in [1.165, 1.54) is 6.42 Å². The Morgan fingerprint density at radius 2 is 1.95 bits per heavy atom. The van der Waals surface area contributed by atoms with Gasteiger partial charge in [-0.15, -0.1) is 0 Å². The molecule has 2 saturated carbocycles. The maximum absolute atomic E-state index is 12.4. The average molecular weight is 287 g/mol. The molecule has 112 valence electrons. The number of benzene rings is 1. The van der Waals surface area contributed by atoms with Gasteiger partial charge in [0.1, 0.15) is 5.75 Å². The van der Waals surface area contributed by atoms with E-state index in [0.29, 0.717) is 11.8 Å². The van der Waals surface area contributed by atoms with Crippen LogP contribution in [0.15, 0.2) is 29.3 Å². The Labute approximate surface area is 124 Å². The van der Waals surface area contributed by atoms with Gasteiger partial charge in [-0.1, -0.05) is 18.2 Å². The topological polar surface area (TPSA) is 90.7 Å². The van der Waals surface area contributed by atoms with Gasteiger partial charge in [-0.05, 0) is 42.7 Å². The van der Waals surface area contributed by atoms with Gasteiger partial charge >= 0.3 is 0 Å². The van der Waals surface area contributed by atoms with Crippen LogP contribution in [0.5, 0.6) is 5.75 Å². The average Bonchev–Trinajstić information content (AvgIpc) is 3.07. The SMILES string of the molecule is COc1ccccc1[C@@H]1C2CCC(C2)[C@H]1C(=O)N=C(N)N. The second-order valence-electron chi connectivity index (χ2n) is 6.00. The highest BCUT2D eigenvalue weighted by Gasteiger charge is 2.51. The standard InChI is InChI=1S/C16H21N3O2/c1-21-12-5-3-2-4-11(12)13-9-6-7-10(8-9)14(13)15(20)19-16(17)18/h2-5,9-10,13-14H,6-8H2,1H3,(H4,17,18,19,20)/t9?,10?,13-,14+/m0/s1. The normalized spacial score (nSPS) is 30.1. The fourth-order valence-electron chi connectivity index (χ4n) is 4.24. The lowest BCUT2D eigenvalue weighted by Gasteiger charge is -2.30. The predicted octanol–water partition coefficient (Wildman–Crippen LogP) is 1.62. The van der Waals surface area contributed by atoms with Crippen LogP contribution in [0.25, 0.3) is 0 Å². The van der Waals surface area contributed by atoms with E-state index in [1.54, 1.807) is 7.11 Å². The number of guanidine groups is 1. The minimum atomic E-state index is -0.182. The van der Waals surface area contributed by atoms with Crippen LogP contribution in [0.3, 0.4) is 0 Å². The first-order valence-corrected chi connectivity index (χ1v) is 7.38. The van der Waals surface area contributed by atoms with Crippen molar-refractivity contribution in [2.75, 3.05) is 7.11 Å². The summed E-state index contributed by atoms with van der Waals surface area (Å²) in [4.78, 5) is 16.2. The Kier molecular flexibility index (Phi) is 3.57. The third kappa shape index (κ3) is 2.37. The third-order valence-electron chi connectivity index (χ3n) is 4.94. The molecule has 0 radical (unpaired) electrons. The van der Waals surface area contributed by atoms with Gasteiger partial charge in [0.05, 0.1) is 13.0 Å². The predicted molar refractivity (Wildman–Crippen MR) is 80.9 cm³/mol. The maximum atomic E-state index is 12.4. The number of fused-ring (bicyclic) bond motifs is 2. The summed E-state index contributed by atoms with van der Waals surface area (Å²) in [7, 11) is 1.67. The molecule has 2 bridgehead atoms. The zero-order valence-electron chi connectivity index (χ0n) is 12.2. The fourth-order valence-corrected chi connectivity index (χ4v) is 4.24. The number of hydrogen-bond donors (Lipinski definition) is 2. The number of carbonyl (C=O) groups is 1. The van der Waals surface area contributed by atoms with E-state index in [0.717, 1.165) is 24.2 Å². The van der Waals surface area contributed by atoms with Gasteiger partial charge in [-0.2, -0.15) is 4.99 Å². The zero-order chi connectivity index (χ0) is 15.0. The number of amides is 1. The summed E-state index contributed by atoms with van der Waals surface area (Å²) in [5.41, 5.74) is 11.9. The van der Waals surface area contributed by atoms with E-state index >= 15 is 0 Å². The van der Waals surface area contributed by atoms with Crippen molar-refractivity contribution in [3.8, 4) is 5.75 Å². The number of hydrogen-bond acceptors (Lipinski definition) is 2. The largest absolute Gasteiger partial charge is 0.496 e. The molecule has 1 amide bonds. The first-order valence-electron chi connectivity index (χ1n) is 7.38. The number of carbonyl (C=O) groups excluding carboxylic acids is 1. The van der Waals surface area contributed by atoms with Gasteiger partial charge in [0.15, 0.2) is 5.96 Å². The van der Waals surface area contributed by atoms with Crippen LogP contribution in [0.2, 0.25) is 0 Å². The van der Waals surface area contributed by atoms with Gasteiger partial charge in [-0.3, -0.25) is 4.79 Å². The van der Waals surface area contributed by atoms with Crippen LogP contribution in [0, 0.1) is 17.8 Å². The van der Waals surface area contributed by atoms with E-state index < -0.39 is 0 Å².